The molecule has 2 nitrogen and oxygen atoms in total. The first-order chi connectivity index (χ1) is 9.20. The van der Waals surface area contributed by atoms with E-state index in [4.69, 9.17) is 4.74 Å². The van der Waals surface area contributed by atoms with E-state index in [1.165, 1.54) is 24.8 Å². The highest BCUT2D eigenvalue weighted by atomic mass is 16.5. The molecule has 1 aromatic rings. The highest BCUT2D eigenvalue weighted by molar-refractivity contribution is 5.36. The van der Waals surface area contributed by atoms with Crippen molar-refractivity contribution in [3.8, 4) is 0 Å². The van der Waals surface area contributed by atoms with Gasteiger partial charge in [-0.25, -0.2) is 0 Å². The van der Waals surface area contributed by atoms with Gasteiger partial charge in [-0.05, 0) is 62.8 Å². The van der Waals surface area contributed by atoms with E-state index in [0.717, 1.165) is 19.6 Å². The van der Waals surface area contributed by atoms with Crippen molar-refractivity contribution in [3.63, 3.8) is 0 Å². The fourth-order valence-electron chi connectivity index (χ4n) is 2.69. The minimum atomic E-state index is 0.292. The minimum Gasteiger partial charge on any atom is -0.377 e. The normalized spacial score (nSPS) is 15.8. The summed E-state index contributed by atoms with van der Waals surface area (Å²) in [5.74, 6) is 0. The van der Waals surface area contributed by atoms with E-state index in [1.54, 1.807) is 11.1 Å². The molecular weight excluding hydrogens is 234 g/mol. The summed E-state index contributed by atoms with van der Waals surface area (Å²) in [6.07, 6.45) is 5.26. The molecule has 2 rings (SSSR count). The molecule has 0 fully saturated rings. The van der Waals surface area contributed by atoms with Gasteiger partial charge in [-0.2, -0.15) is 0 Å². The zero-order valence-electron chi connectivity index (χ0n) is 12.5. The van der Waals surface area contributed by atoms with Crippen LogP contribution in [0.2, 0.25) is 0 Å². The van der Waals surface area contributed by atoms with Crippen LogP contribution in [0.1, 0.15) is 56.3 Å². The summed E-state index contributed by atoms with van der Waals surface area (Å²) in [6.45, 7) is 8.20. The number of nitrogens with one attached hydrogen (secondary N) is 1. The molecule has 1 unspecified atom stereocenters. The van der Waals surface area contributed by atoms with Crippen LogP contribution in [0, 0.1) is 0 Å². The Balaban J connectivity index is 2.07. The molecular formula is C17H27NO. The zero-order chi connectivity index (χ0) is 13.7. The van der Waals surface area contributed by atoms with Gasteiger partial charge in [0.15, 0.2) is 0 Å². The van der Waals surface area contributed by atoms with Crippen LogP contribution in [0.4, 0.5) is 0 Å². The first-order valence-electron chi connectivity index (χ1n) is 7.67. The minimum absolute atomic E-state index is 0.292. The molecule has 0 amide bonds. The van der Waals surface area contributed by atoms with Gasteiger partial charge in [-0.3, -0.25) is 0 Å². The molecule has 19 heavy (non-hydrogen) atoms. The summed E-state index contributed by atoms with van der Waals surface area (Å²) in [5.41, 5.74) is 4.47. The number of rotatable bonds is 7. The quantitative estimate of drug-likeness (QED) is 0.809. The Bertz CT molecular complexity index is 400. The maximum Gasteiger partial charge on any atom is 0.0664 e. The molecule has 0 aromatic heterocycles. The van der Waals surface area contributed by atoms with Crippen molar-refractivity contribution in [2.45, 2.75) is 58.6 Å². The molecule has 0 spiro atoms. The van der Waals surface area contributed by atoms with Crippen molar-refractivity contribution in [1.82, 2.24) is 5.32 Å². The van der Waals surface area contributed by atoms with E-state index in [2.05, 4.69) is 44.3 Å². The monoisotopic (exact) mass is 261 g/mol. The van der Waals surface area contributed by atoms with Gasteiger partial charge in [-0.1, -0.05) is 25.1 Å². The Kier molecular flexibility index (Phi) is 5.41. The van der Waals surface area contributed by atoms with Crippen molar-refractivity contribution >= 4 is 0 Å². The van der Waals surface area contributed by atoms with E-state index in [9.17, 15) is 0 Å². The Hall–Kier alpha value is -0.860. The lowest BCUT2D eigenvalue weighted by molar-refractivity contribution is 0.0611. The molecule has 0 bridgehead atoms. The molecule has 1 aliphatic carbocycles. The number of fused-ring (bicyclic) bond motifs is 1. The fraction of sp³-hybridized carbons (Fsp3) is 0.647. The maximum atomic E-state index is 5.81. The summed E-state index contributed by atoms with van der Waals surface area (Å²) in [7, 11) is 0. The van der Waals surface area contributed by atoms with Crippen molar-refractivity contribution in [1.29, 1.82) is 0 Å². The van der Waals surface area contributed by atoms with E-state index < -0.39 is 0 Å². The van der Waals surface area contributed by atoms with Gasteiger partial charge in [0.25, 0.3) is 0 Å². The van der Waals surface area contributed by atoms with Crippen molar-refractivity contribution in [2.24, 2.45) is 0 Å². The Morgan fingerprint density at radius 2 is 2.00 bits per heavy atom. The number of benzene rings is 1. The molecule has 1 atom stereocenters. The van der Waals surface area contributed by atoms with Crippen LogP contribution in [0.3, 0.4) is 0 Å². The number of aryl methyl sites for hydroxylation is 2. The van der Waals surface area contributed by atoms with Crippen molar-refractivity contribution in [2.75, 3.05) is 13.2 Å². The molecule has 1 aromatic carbocycles. The average Bonchev–Trinajstić information content (AvgIpc) is 2.85. The molecule has 1 aliphatic rings. The van der Waals surface area contributed by atoms with E-state index in [-0.39, 0.29) is 0 Å². The number of hydrogen-bond donors (Lipinski definition) is 1. The summed E-state index contributed by atoms with van der Waals surface area (Å²) < 4.78 is 5.81. The van der Waals surface area contributed by atoms with Crippen LogP contribution in [-0.4, -0.2) is 19.3 Å². The molecule has 0 radical (unpaired) electrons. The summed E-state index contributed by atoms with van der Waals surface area (Å²) in [5, 5.41) is 3.61. The predicted molar refractivity (Wildman–Crippen MR) is 80.6 cm³/mol. The van der Waals surface area contributed by atoms with E-state index in [1.807, 2.05) is 0 Å². The van der Waals surface area contributed by atoms with Crippen LogP contribution in [0.25, 0.3) is 0 Å². The number of ether oxygens (including phenoxy) is 1. The van der Waals surface area contributed by atoms with Crippen LogP contribution in [-0.2, 0) is 17.6 Å². The van der Waals surface area contributed by atoms with Crippen LogP contribution < -0.4 is 5.32 Å². The Morgan fingerprint density at radius 1 is 1.21 bits per heavy atom. The van der Waals surface area contributed by atoms with Gasteiger partial charge in [0.05, 0.1) is 18.8 Å². The summed E-state index contributed by atoms with van der Waals surface area (Å²) in [6, 6.07) is 7.31. The third-order valence-electron chi connectivity index (χ3n) is 3.76. The molecule has 0 saturated heterocycles. The second-order valence-corrected chi connectivity index (χ2v) is 5.77. The van der Waals surface area contributed by atoms with Gasteiger partial charge < -0.3 is 10.1 Å². The van der Waals surface area contributed by atoms with Crippen molar-refractivity contribution in [3.05, 3.63) is 34.9 Å². The SMILES string of the molecule is CCCNC(COC(C)C)c1ccc2c(c1)CCC2. The third-order valence-corrected chi connectivity index (χ3v) is 3.76. The lowest BCUT2D eigenvalue weighted by atomic mass is 10.0. The number of hydrogen-bond acceptors (Lipinski definition) is 2. The highest BCUT2D eigenvalue weighted by Crippen LogP contribution is 2.25. The molecule has 106 valence electrons. The largest absolute Gasteiger partial charge is 0.377 e. The van der Waals surface area contributed by atoms with Gasteiger partial charge in [0, 0.05) is 0 Å². The molecule has 0 heterocycles. The van der Waals surface area contributed by atoms with Crippen molar-refractivity contribution < 1.29 is 4.74 Å². The maximum absolute atomic E-state index is 5.81. The van der Waals surface area contributed by atoms with E-state index >= 15 is 0 Å². The molecule has 0 aliphatic heterocycles. The second kappa shape index (κ2) is 7.06. The van der Waals surface area contributed by atoms with Crippen LogP contribution in [0.5, 0.6) is 0 Å². The Morgan fingerprint density at radius 3 is 2.74 bits per heavy atom. The van der Waals surface area contributed by atoms with Crippen LogP contribution >= 0.6 is 0 Å². The zero-order valence-corrected chi connectivity index (χ0v) is 12.5. The van der Waals surface area contributed by atoms with Gasteiger partial charge in [0.1, 0.15) is 0 Å². The van der Waals surface area contributed by atoms with E-state index in [0.29, 0.717) is 12.1 Å². The lowest BCUT2D eigenvalue weighted by Crippen LogP contribution is -2.27. The first kappa shape index (κ1) is 14.5. The standard InChI is InChI=1S/C17H27NO/c1-4-10-18-17(12-19-13(2)3)16-9-8-14-6-5-7-15(14)11-16/h8-9,11,13,17-18H,4-7,10,12H2,1-3H3. The Labute approximate surface area is 117 Å². The van der Waals surface area contributed by atoms with Crippen LogP contribution in [0.15, 0.2) is 18.2 Å². The average molecular weight is 261 g/mol. The first-order valence-corrected chi connectivity index (χ1v) is 7.67. The predicted octanol–water partition coefficient (Wildman–Crippen LogP) is 3.64. The molecule has 0 saturated carbocycles. The second-order valence-electron chi connectivity index (χ2n) is 5.77. The lowest BCUT2D eigenvalue weighted by Gasteiger charge is -2.21. The third kappa shape index (κ3) is 4.05. The van der Waals surface area contributed by atoms with Gasteiger partial charge in [-0.15, -0.1) is 0 Å². The molecule has 2 heteroatoms. The van der Waals surface area contributed by atoms with Gasteiger partial charge in [0.2, 0.25) is 0 Å². The topological polar surface area (TPSA) is 21.3 Å². The summed E-state index contributed by atoms with van der Waals surface area (Å²) in [4.78, 5) is 0. The smallest absolute Gasteiger partial charge is 0.0664 e. The summed E-state index contributed by atoms with van der Waals surface area (Å²) >= 11 is 0. The van der Waals surface area contributed by atoms with Gasteiger partial charge >= 0.3 is 0 Å². The highest BCUT2D eigenvalue weighted by Gasteiger charge is 2.16. The molecule has 1 N–H and O–H groups in total. The fourth-order valence-corrected chi connectivity index (χ4v) is 2.69.